The van der Waals surface area contributed by atoms with Crippen molar-refractivity contribution in [2.75, 3.05) is 19.7 Å². The van der Waals surface area contributed by atoms with Crippen LogP contribution < -0.4 is 14.8 Å². The highest BCUT2D eigenvalue weighted by molar-refractivity contribution is 5.39. The third-order valence-electron chi connectivity index (χ3n) is 2.68. The molecule has 0 aliphatic carbocycles. The monoisotopic (exact) mass is 251 g/mol. The van der Waals surface area contributed by atoms with Crippen molar-refractivity contribution in [1.82, 2.24) is 5.32 Å². The second-order valence-electron chi connectivity index (χ2n) is 4.22. The lowest BCUT2D eigenvalue weighted by molar-refractivity contribution is 0.177. The van der Waals surface area contributed by atoms with Crippen LogP contribution >= 0.6 is 0 Å². The van der Waals surface area contributed by atoms with Crippen molar-refractivity contribution in [3.05, 3.63) is 24.3 Å². The van der Waals surface area contributed by atoms with Gasteiger partial charge in [0.25, 0.3) is 0 Å². The van der Waals surface area contributed by atoms with Crippen LogP contribution in [-0.2, 0) is 0 Å². The van der Waals surface area contributed by atoms with E-state index >= 15 is 0 Å². The van der Waals surface area contributed by atoms with E-state index in [2.05, 4.69) is 19.2 Å². The van der Waals surface area contributed by atoms with Gasteiger partial charge < -0.3 is 14.8 Å². The molecule has 1 aromatic carbocycles. The molecule has 1 unspecified atom stereocenters. The molecule has 0 heterocycles. The zero-order valence-electron chi connectivity index (χ0n) is 11.7. The van der Waals surface area contributed by atoms with Gasteiger partial charge in [0.1, 0.15) is 6.10 Å². The molecule has 0 aromatic heterocycles. The topological polar surface area (TPSA) is 30.5 Å². The lowest BCUT2D eigenvalue weighted by Crippen LogP contribution is -2.31. The maximum absolute atomic E-state index is 6.05. The molecule has 1 rings (SSSR count). The van der Waals surface area contributed by atoms with Crippen molar-refractivity contribution in [3.8, 4) is 11.5 Å². The Morgan fingerprint density at radius 2 is 1.83 bits per heavy atom. The molecule has 102 valence electrons. The van der Waals surface area contributed by atoms with Crippen LogP contribution in [0.25, 0.3) is 0 Å². The van der Waals surface area contributed by atoms with Gasteiger partial charge in [-0.15, -0.1) is 0 Å². The zero-order valence-corrected chi connectivity index (χ0v) is 11.7. The molecule has 1 aromatic rings. The summed E-state index contributed by atoms with van der Waals surface area (Å²) in [5.74, 6) is 1.67. The van der Waals surface area contributed by atoms with Crippen molar-refractivity contribution >= 4 is 0 Å². The first-order chi connectivity index (χ1) is 8.81. The predicted octanol–water partition coefficient (Wildman–Crippen LogP) is 3.24. The molecule has 3 nitrogen and oxygen atoms in total. The molecule has 0 spiro atoms. The summed E-state index contributed by atoms with van der Waals surface area (Å²) >= 11 is 0. The summed E-state index contributed by atoms with van der Waals surface area (Å²) in [4.78, 5) is 0. The molecule has 0 saturated heterocycles. The first-order valence-corrected chi connectivity index (χ1v) is 6.90. The van der Waals surface area contributed by atoms with Crippen molar-refractivity contribution in [2.24, 2.45) is 0 Å². The van der Waals surface area contributed by atoms with Gasteiger partial charge in [-0.05, 0) is 32.0 Å². The van der Waals surface area contributed by atoms with Crippen LogP contribution in [0.2, 0.25) is 0 Å². The van der Waals surface area contributed by atoms with Crippen molar-refractivity contribution in [1.29, 1.82) is 0 Å². The minimum atomic E-state index is 0.205. The fourth-order valence-electron chi connectivity index (χ4n) is 1.83. The summed E-state index contributed by atoms with van der Waals surface area (Å²) < 4.78 is 11.6. The highest BCUT2D eigenvalue weighted by atomic mass is 16.5. The van der Waals surface area contributed by atoms with E-state index in [1.807, 2.05) is 31.2 Å². The van der Waals surface area contributed by atoms with Crippen molar-refractivity contribution in [3.63, 3.8) is 0 Å². The predicted molar refractivity (Wildman–Crippen MR) is 75.5 cm³/mol. The fourth-order valence-corrected chi connectivity index (χ4v) is 1.83. The molecule has 0 aliphatic heterocycles. The molecular formula is C15H25NO2. The average molecular weight is 251 g/mol. The van der Waals surface area contributed by atoms with Gasteiger partial charge in [-0.2, -0.15) is 0 Å². The largest absolute Gasteiger partial charge is 0.490 e. The van der Waals surface area contributed by atoms with E-state index in [4.69, 9.17) is 9.47 Å². The van der Waals surface area contributed by atoms with Crippen LogP contribution in [0.15, 0.2) is 24.3 Å². The minimum absolute atomic E-state index is 0.205. The van der Waals surface area contributed by atoms with E-state index in [-0.39, 0.29) is 6.10 Å². The number of nitrogens with one attached hydrogen (secondary N) is 1. The van der Waals surface area contributed by atoms with E-state index in [9.17, 15) is 0 Å². The Morgan fingerprint density at radius 1 is 1.11 bits per heavy atom. The van der Waals surface area contributed by atoms with Gasteiger partial charge >= 0.3 is 0 Å². The minimum Gasteiger partial charge on any atom is -0.490 e. The number of hydrogen-bond acceptors (Lipinski definition) is 3. The van der Waals surface area contributed by atoms with E-state index in [1.54, 1.807) is 0 Å². The quantitative estimate of drug-likeness (QED) is 0.731. The second-order valence-corrected chi connectivity index (χ2v) is 4.22. The molecule has 0 aliphatic rings. The van der Waals surface area contributed by atoms with Crippen LogP contribution in [0.4, 0.5) is 0 Å². The molecular weight excluding hydrogens is 226 g/mol. The lowest BCUT2D eigenvalue weighted by Gasteiger charge is -2.20. The SMILES string of the molecule is CCCC(CNCC)Oc1ccccc1OCC. The smallest absolute Gasteiger partial charge is 0.161 e. The molecule has 0 fully saturated rings. The van der Waals surface area contributed by atoms with Gasteiger partial charge in [-0.25, -0.2) is 0 Å². The van der Waals surface area contributed by atoms with Gasteiger partial charge in [0.05, 0.1) is 6.61 Å². The Balaban J connectivity index is 2.66. The standard InChI is InChI=1S/C15H25NO2/c1-4-9-13(12-16-5-2)18-15-11-8-7-10-14(15)17-6-3/h7-8,10-11,13,16H,4-6,9,12H2,1-3H3. The van der Waals surface area contributed by atoms with Gasteiger partial charge in [-0.1, -0.05) is 32.4 Å². The molecule has 0 radical (unpaired) electrons. The number of benzene rings is 1. The van der Waals surface area contributed by atoms with Gasteiger partial charge in [-0.3, -0.25) is 0 Å². The Bertz CT molecular complexity index is 328. The Morgan fingerprint density at radius 3 is 2.44 bits per heavy atom. The molecule has 1 N–H and O–H groups in total. The number of likely N-dealkylation sites (N-methyl/N-ethyl adjacent to an activating group) is 1. The number of para-hydroxylation sites is 2. The van der Waals surface area contributed by atoms with Crippen LogP contribution in [0.5, 0.6) is 11.5 Å². The Labute approximate surface area is 110 Å². The van der Waals surface area contributed by atoms with E-state index in [0.29, 0.717) is 6.61 Å². The first kappa shape index (κ1) is 14.8. The highest BCUT2D eigenvalue weighted by Gasteiger charge is 2.12. The van der Waals surface area contributed by atoms with Gasteiger partial charge in [0.2, 0.25) is 0 Å². The van der Waals surface area contributed by atoms with E-state index in [0.717, 1.165) is 37.4 Å². The fraction of sp³-hybridized carbons (Fsp3) is 0.600. The highest BCUT2D eigenvalue weighted by Crippen LogP contribution is 2.27. The Kier molecular flexibility index (Phi) is 7.26. The number of rotatable bonds is 9. The Hall–Kier alpha value is -1.22. The first-order valence-electron chi connectivity index (χ1n) is 6.90. The maximum Gasteiger partial charge on any atom is 0.161 e. The number of hydrogen-bond donors (Lipinski definition) is 1. The summed E-state index contributed by atoms with van der Waals surface area (Å²) in [5.41, 5.74) is 0. The zero-order chi connectivity index (χ0) is 13.2. The van der Waals surface area contributed by atoms with Crippen molar-refractivity contribution < 1.29 is 9.47 Å². The van der Waals surface area contributed by atoms with Crippen molar-refractivity contribution in [2.45, 2.75) is 39.7 Å². The van der Waals surface area contributed by atoms with Crippen LogP contribution in [0.3, 0.4) is 0 Å². The summed E-state index contributed by atoms with van der Waals surface area (Å²) in [5, 5.41) is 3.34. The van der Waals surface area contributed by atoms with Gasteiger partial charge in [0.15, 0.2) is 11.5 Å². The van der Waals surface area contributed by atoms with E-state index in [1.165, 1.54) is 0 Å². The number of ether oxygens (including phenoxy) is 2. The molecule has 0 saturated carbocycles. The summed E-state index contributed by atoms with van der Waals surface area (Å²) in [6, 6.07) is 7.87. The van der Waals surface area contributed by atoms with Gasteiger partial charge in [0, 0.05) is 6.54 Å². The van der Waals surface area contributed by atoms with E-state index < -0.39 is 0 Å². The summed E-state index contributed by atoms with van der Waals surface area (Å²) in [7, 11) is 0. The van der Waals surface area contributed by atoms with Crippen LogP contribution in [-0.4, -0.2) is 25.8 Å². The second kappa shape index (κ2) is 8.81. The molecule has 0 amide bonds. The lowest BCUT2D eigenvalue weighted by atomic mass is 10.2. The van der Waals surface area contributed by atoms with Crippen LogP contribution in [0, 0.1) is 0 Å². The molecule has 1 atom stereocenters. The molecule has 3 heteroatoms. The summed E-state index contributed by atoms with van der Waals surface area (Å²) in [6.45, 7) is 8.78. The molecule has 18 heavy (non-hydrogen) atoms. The molecule has 0 bridgehead atoms. The maximum atomic E-state index is 6.05. The third-order valence-corrected chi connectivity index (χ3v) is 2.68. The normalized spacial score (nSPS) is 12.2. The third kappa shape index (κ3) is 4.96. The van der Waals surface area contributed by atoms with Crippen LogP contribution in [0.1, 0.15) is 33.6 Å². The summed E-state index contributed by atoms with van der Waals surface area (Å²) in [6.07, 6.45) is 2.37. The average Bonchev–Trinajstić information content (AvgIpc) is 2.39.